The van der Waals surface area contributed by atoms with Crippen molar-refractivity contribution in [3.63, 3.8) is 0 Å². The van der Waals surface area contributed by atoms with Crippen LogP contribution in [0.2, 0.25) is 0 Å². The van der Waals surface area contributed by atoms with Crippen molar-refractivity contribution in [3.8, 4) is 11.3 Å². The molecule has 0 fully saturated rings. The number of carboxylic acids is 1. The first-order valence-electron chi connectivity index (χ1n) is 5.69. The van der Waals surface area contributed by atoms with Crippen molar-refractivity contribution < 1.29 is 23.1 Å². The number of carbonyl (C=O) groups is 1. The van der Waals surface area contributed by atoms with E-state index in [0.29, 0.717) is 5.56 Å². The maximum absolute atomic E-state index is 12.9. The Bertz CT molecular complexity index is 644. The molecule has 0 aliphatic carbocycles. The van der Waals surface area contributed by atoms with Crippen LogP contribution < -0.4 is 4.90 Å². The molecule has 0 atom stereocenters. The molecule has 0 radical (unpaired) electrons. The molecule has 2 aromatic heterocycles. The normalized spacial score (nSPS) is 11.4. The van der Waals surface area contributed by atoms with Gasteiger partial charge in [-0.3, -0.25) is 4.79 Å². The van der Waals surface area contributed by atoms with Crippen molar-refractivity contribution in [2.24, 2.45) is 0 Å². The van der Waals surface area contributed by atoms with E-state index in [1.165, 1.54) is 18.4 Å². The van der Waals surface area contributed by atoms with E-state index in [0.717, 1.165) is 11.0 Å². The van der Waals surface area contributed by atoms with Crippen molar-refractivity contribution >= 4 is 23.3 Å². The van der Waals surface area contributed by atoms with Crippen molar-refractivity contribution in [3.05, 3.63) is 28.6 Å². The molecule has 9 heteroatoms. The van der Waals surface area contributed by atoms with Crippen LogP contribution in [0.3, 0.4) is 0 Å². The van der Waals surface area contributed by atoms with Crippen LogP contribution >= 0.6 is 11.3 Å². The lowest BCUT2D eigenvalue weighted by atomic mass is 10.2. The van der Waals surface area contributed by atoms with Crippen LogP contribution in [-0.2, 0) is 11.0 Å². The number of alkyl halides is 3. The molecule has 2 aromatic rings. The minimum Gasteiger partial charge on any atom is -0.480 e. The first-order chi connectivity index (χ1) is 9.77. The number of likely N-dealkylation sites (N-methyl/N-ethyl adjacent to an activating group) is 1. The molecule has 0 aliphatic heterocycles. The number of aliphatic carboxylic acids is 1. The van der Waals surface area contributed by atoms with E-state index in [1.807, 2.05) is 0 Å². The third kappa shape index (κ3) is 3.69. The molecule has 5 nitrogen and oxygen atoms in total. The first-order valence-corrected chi connectivity index (χ1v) is 6.63. The largest absolute Gasteiger partial charge is 0.480 e. The van der Waals surface area contributed by atoms with Gasteiger partial charge in [-0.2, -0.15) is 24.5 Å². The molecule has 0 aromatic carbocycles. The first kappa shape index (κ1) is 15.2. The zero-order valence-electron chi connectivity index (χ0n) is 10.8. The SMILES string of the molecule is CN(CC(=O)O)c1nc(-c2ccsc2)cc(C(F)(F)F)n1. The topological polar surface area (TPSA) is 66.3 Å². The van der Waals surface area contributed by atoms with Crippen LogP contribution in [0.5, 0.6) is 0 Å². The Hall–Kier alpha value is -2.16. The summed E-state index contributed by atoms with van der Waals surface area (Å²) in [4.78, 5) is 19.1. The van der Waals surface area contributed by atoms with Crippen LogP contribution in [0.25, 0.3) is 11.3 Å². The molecule has 2 rings (SSSR count). The van der Waals surface area contributed by atoms with E-state index in [1.54, 1.807) is 16.8 Å². The zero-order valence-corrected chi connectivity index (χ0v) is 11.6. The van der Waals surface area contributed by atoms with E-state index in [4.69, 9.17) is 5.11 Å². The Labute approximate surface area is 121 Å². The maximum Gasteiger partial charge on any atom is 0.433 e. The van der Waals surface area contributed by atoms with Crippen molar-refractivity contribution in [1.29, 1.82) is 0 Å². The fourth-order valence-electron chi connectivity index (χ4n) is 1.58. The number of hydrogen-bond acceptors (Lipinski definition) is 5. The van der Waals surface area contributed by atoms with Gasteiger partial charge in [-0.1, -0.05) is 0 Å². The highest BCUT2D eigenvalue weighted by Crippen LogP contribution is 2.32. The predicted molar refractivity (Wildman–Crippen MR) is 71.3 cm³/mol. The minimum absolute atomic E-state index is 0.103. The van der Waals surface area contributed by atoms with E-state index in [2.05, 4.69) is 9.97 Å². The second kappa shape index (κ2) is 5.68. The number of thiophene rings is 1. The molecule has 0 saturated heterocycles. The second-order valence-corrected chi connectivity index (χ2v) is 4.98. The Balaban J connectivity index is 2.50. The van der Waals surface area contributed by atoms with Crippen molar-refractivity contribution in [2.75, 3.05) is 18.5 Å². The molecule has 0 saturated carbocycles. The summed E-state index contributed by atoms with van der Waals surface area (Å²) in [7, 11) is 1.32. The molecule has 0 aliphatic rings. The number of rotatable bonds is 4. The highest BCUT2D eigenvalue weighted by atomic mass is 32.1. The molecule has 0 unspecified atom stereocenters. The van der Waals surface area contributed by atoms with E-state index < -0.39 is 24.4 Å². The standard InChI is InChI=1S/C12H10F3N3O2S/c1-18(5-10(19)20)11-16-8(7-2-3-21-6-7)4-9(17-11)12(13,14)15/h2-4,6H,5H2,1H3,(H,19,20). The molecular formula is C12H10F3N3O2S. The number of carboxylic acid groups (broad SMARTS) is 1. The summed E-state index contributed by atoms with van der Waals surface area (Å²) in [5, 5.41) is 12.1. The Morgan fingerprint density at radius 1 is 1.43 bits per heavy atom. The number of nitrogens with zero attached hydrogens (tertiary/aromatic N) is 3. The summed E-state index contributed by atoms with van der Waals surface area (Å²) < 4.78 is 38.7. The molecule has 0 spiro atoms. The van der Waals surface area contributed by atoms with Gasteiger partial charge in [-0.05, 0) is 17.5 Å². The van der Waals surface area contributed by atoms with E-state index >= 15 is 0 Å². The Morgan fingerprint density at radius 3 is 2.67 bits per heavy atom. The lowest BCUT2D eigenvalue weighted by Crippen LogP contribution is -2.28. The smallest absolute Gasteiger partial charge is 0.433 e. The Morgan fingerprint density at radius 2 is 2.14 bits per heavy atom. The summed E-state index contributed by atoms with van der Waals surface area (Å²) in [5.41, 5.74) is -0.477. The van der Waals surface area contributed by atoms with Gasteiger partial charge >= 0.3 is 12.1 Å². The van der Waals surface area contributed by atoms with Gasteiger partial charge in [0.25, 0.3) is 0 Å². The highest BCUT2D eigenvalue weighted by Gasteiger charge is 2.34. The summed E-state index contributed by atoms with van der Waals surface area (Å²) in [6.07, 6.45) is -4.63. The summed E-state index contributed by atoms with van der Waals surface area (Å²) in [6, 6.07) is 2.48. The van der Waals surface area contributed by atoms with E-state index in [-0.39, 0.29) is 11.6 Å². The number of anilines is 1. The molecule has 1 N–H and O–H groups in total. The molecule has 0 bridgehead atoms. The van der Waals surface area contributed by atoms with Gasteiger partial charge in [0.15, 0.2) is 5.69 Å². The quantitative estimate of drug-likeness (QED) is 0.939. The fourth-order valence-corrected chi connectivity index (χ4v) is 2.23. The molecule has 21 heavy (non-hydrogen) atoms. The van der Waals surface area contributed by atoms with Crippen LogP contribution in [0, 0.1) is 0 Å². The third-order valence-electron chi connectivity index (χ3n) is 2.54. The van der Waals surface area contributed by atoms with Gasteiger partial charge in [0, 0.05) is 18.0 Å². The van der Waals surface area contributed by atoms with Gasteiger partial charge in [-0.15, -0.1) is 0 Å². The van der Waals surface area contributed by atoms with Crippen LogP contribution in [0.1, 0.15) is 5.69 Å². The summed E-state index contributed by atoms with van der Waals surface area (Å²) in [6.45, 7) is -0.496. The monoisotopic (exact) mass is 317 g/mol. The van der Waals surface area contributed by atoms with Crippen molar-refractivity contribution in [1.82, 2.24) is 9.97 Å². The molecular weight excluding hydrogens is 307 g/mol. The van der Waals surface area contributed by atoms with Gasteiger partial charge in [-0.25, -0.2) is 9.97 Å². The average Bonchev–Trinajstić information content (AvgIpc) is 2.90. The van der Waals surface area contributed by atoms with Crippen LogP contribution in [0.15, 0.2) is 22.9 Å². The maximum atomic E-state index is 12.9. The zero-order chi connectivity index (χ0) is 15.6. The number of hydrogen-bond donors (Lipinski definition) is 1. The number of aromatic nitrogens is 2. The summed E-state index contributed by atoms with van der Waals surface area (Å²) in [5.74, 6) is -1.47. The molecule has 2 heterocycles. The highest BCUT2D eigenvalue weighted by molar-refractivity contribution is 7.08. The third-order valence-corrected chi connectivity index (χ3v) is 3.22. The van der Waals surface area contributed by atoms with Crippen LogP contribution in [0.4, 0.5) is 19.1 Å². The molecule has 112 valence electrons. The average molecular weight is 317 g/mol. The van der Waals surface area contributed by atoms with Crippen molar-refractivity contribution in [2.45, 2.75) is 6.18 Å². The van der Waals surface area contributed by atoms with Crippen LogP contribution in [-0.4, -0.2) is 34.6 Å². The second-order valence-electron chi connectivity index (χ2n) is 4.20. The number of halogens is 3. The predicted octanol–water partition coefficient (Wildman–Crippen LogP) is 2.74. The minimum atomic E-state index is -4.63. The fraction of sp³-hybridized carbons (Fsp3) is 0.250. The van der Waals surface area contributed by atoms with Gasteiger partial charge < -0.3 is 10.0 Å². The lowest BCUT2D eigenvalue weighted by molar-refractivity contribution is -0.141. The lowest BCUT2D eigenvalue weighted by Gasteiger charge is -2.17. The Kier molecular flexibility index (Phi) is 4.12. The van der Waals surface area contributed by atoms with Gasteiger partial charge in [0.2, 0.25) is 5.95 Å². The van der Waals surface area contributed by atoms with E-state index in [9.17, 15) is 18.0 Å². The van der Waals surface area contributed by atoms with Gasteiger partial charge in [0.05, 0.1) is 5.69 Å². The molecule has 0 amide bonds. The van der Waals surface area contributed by atoms with Gasteiger partial charge in [0.1, 0.15) is 6.54 Å². The summed E-state index contributed by atoms with van der Waals surface area (Å²) >= 11 is 1.32.